The van der Waals surface area contributed by atoms with E-state index < -0.39 is 5.97 Å². The second-order valence-electron chi connectivity index (χ2n) is 4.81. The predicted molar refractivity (Wildman–Crippen MR) is 89.9 cm³/mol. The molecule has 0 atom stereocenters. The third kappa shape index (κ3) is 3.66. The molecule has 130 valence electrons. The van der Waals surface area contributed by atoms with Gasteiger partial charge in [-0.05, 0) is 35.5 Å². The number of ether oxygens (including phenoxy) is 2. The molecular weight excluding hydrogens is 344 g/mol. The van der Waals surface area contributed by atoms with Crippen molar-refractivity contribution in [1.82, 2.24) is 20.2 Å². The molecule has 0 saturated heterocycles. The molecule has 0 radical (unpaired) electrons. The van der Waals surface area contributed by atoms with E-state index in [9.17, 15) is 4.79 Å². The fourth-order valence-electron chi connectivity index (χ4n) is 2.20. The number of hydrogen-bond donors (Lipinski definition) is 0. The Morgan fingerprint density at radius 2 is 2.16 bits per heavy atom. The molecule has 0 aliphatic rings. The number of thioether (sulfide) groups is 1. The number of tetrazole rings is 1. The lowest BCUT2D eigenvalue weighted by atomic mass is 10.3. The summed E-state index contributed by atoms with van der Waals surface area (Å²) in [6, 6.07) is 9.03. The molecule has 0 saturated carbocycles. The molecule has 0 N–H and O–H groups in total. The lowest BCUT2D eigenvalue weighted by molar-refractivity contribution is 0.0524. The summed E-state index contributed by atoms with van der Waals surface area (Å²) in [5.41, 5.74) is 1.13. The molecule has 3 rings (SSSR count). The smallest absolute Gasteiger partial charge is 0.341 e. The first-order valence-electron chi connectivity index (χ1n) is 7.52. The van der Waals surface area contributed by atoms with Gasteiger partial charge in [0.2, 0.25) is 5.16 Å². The Labute approximate surface area is 148 Å². The zero-order chi connectivity index (χ0) is 17.6. The van der Waals surface area contributed by atoms with E-state index in [2.05, 4.69) is 15.5 Å². The molecule has 0 aliphatic carbocycles. The number of aromatic nitrogens is 4. The summed E-state index contributed by atoms with van der Waals surface area (Å²) in [6.07, 6.45) is 1.46. The first-order chi connectivity index (χ1) is 12.2. The minimum Gasteiger partial charge on any atom is -0.494 e. The Kier molecular flexibility index (Phi) is 5.34. The van der Waals surface area contributed by atoms with Crippen LogP contribution in [0.5, 0.6) is 5.75 Å². The van der Waals surface area contributed by atoms with E-state index in [1.807, 2.05) is 24.3 Å². The van der Waals surface area contributed by atoms with Gasteiger partial charge in [-0.15, -0.1) is 5.10 Å². The van der Waals surface area contributed by atoms with E-state index in [1.165, 1.54) is 18.0 Å². The number of carbonyl (C=O) groups is 1. The average Bonchev–Trinajstić information content (AvgIpc) is 3.29. The lowest BCUT2D eigenvalue weighted by Gasteiger charge is -2.08. The van der Waals surface area contributed by atoms with Crippen LogP contribution < -0.4 is 4.74 Å². The van der Waals surface area contributed by atoms with Crippen LogP contribution in [0.1, 0.15) is 23.0 Å². The van der Waals surface area contributed by atoms with Crippen LogP contribution in [0.3, 0.4) is 0 Å². The number of carbonyl (C=O) groups excluding carboxylic acids is 1. The summed E-state index contributed by atoms with van der Waals surface area (Å²) in [4.78, 5) is 11.9. The van der Waals surface area contributed by atoms with Gasteiger partial charge in [0.05, 0.1) is 25.7 Å². The maximum absolute atomic E-state index is 11.9. The number of hydrogen-bond acceptors (Lipinski definition) is 8. The highest BCUT2D eigenvalue weighted by Gasteiger charge is 2.18. The maximum atomic E-state index is 11.9. The predicted octanol–water partition coefficient (Wildman–Crippen LogP) is 2.73. The second kappa shape index (κ2) is 7.84. The van der Waals surface area contributed by atoms with Gasteiger partial charge in [-0.2, -0.15) is 4.68 Å². The summed E-state index contributed by atoms with van der Waals surface area (Å²) in [5, 5.41) is 12.3. The van der Waals surface area contributed by atoms with E-state index in [0.717, 1.165) is 5.69 Å². The molecule has 0 amide bonds. The van der Waals surface area contributed by atoms with Crippen molar-refractivity contribution in [2.24, 2.45) is 0 Å². The number of esters is 1. The largest absolute Gasteiger partial charge is 0.494 e. The van der Waals surface area contributed by atoms with Crippen molar-refractivity contribution in [2.75, 3.05) is 13.7 Å². The van der Waals surface area contributed by atoms with Crippen molar-refractivity contribution in [3.63, 3.8) is 0 Å². The number of furan rings is 1. The number of rotatable bonds is 7. The van der Waals surface area contributed by atoms with Crippen molar-refractivity contribution in [1.29, 1.82) is 0 Å². The number of nitrogens with zero attached hydrogens (tertiary/aromatic N) is 4. The van der Waals surface area contributed by atoms with E-state index in [0.29, 0.717) is 34.6 Å². The van der Waals surface area contributed by atoms with E-state index in [1.54, 1.807) is 24.8 Å². The van der Waals surface area contributed by atoms with Crippen molar-refractivity contribution < 1.29 is 18.7 Å². The fourth-order valence-corrected chi connectivity index (χ4v) is 3.03. The van der Waals surface area contributed by atoms with Gasteiger partial charge in [-0.1, -0.05) is 23.9 Å². The molecule has 3 aromatic rings. The molecule has 0 spiro atoms. The topological polar surface area (TPSA) is 92.3 Å². The van der Waals surface area contributed by atoms with E-state index >= 15 is 0 Å². The molecule has 2 aromatic heterocycles. The van der Waals surface area contributed by atoms with Gasteiger partial charge in [-0.25, -0.2) is 4.79 Å². The highest BCUT2D eigenvalue weighted by Crippen LogP contribution is 2.28. The van der Waals surface area contributed by atoms with E-state index in [4.69, 9.17) is 13.9 Å². The van der Waals surface area contributed by atoms with Crippen LogP contribution in [0.15, 0.2) is 46.2 Å². The number of methoxy groups -OCH3 is 1. The first kappa shape index (κ1) is 17.0. The van der Waals surface area contributed by atoms with Gasteiger partial charge >= 0.3 is 5.97 Å². The van der Waals surface area contributed by atoms with E-state index in [-0.39, 0.29) is 0 Å². The van der Waals surface area contributed by atoms with Crippen LogP contribution in [0, 0.1) is 0 Å². The van der Waals surface area contributed by atoms with Gasteiger partial charge in [0.15, 0.2) is 0 Å². The summed E-state index contributed by atoms with van der Waals surface area (Å²) in [5.74, 6) is 1.15. The van der Waals surface area contributed by atoms with Crippen LogP contribution in [0.25, 0.3) is 5.69 Å². The molecule has 2 heterocycles. The molecule has 8 nitrogen and oxygen atoms in total. The van der Waals surface area contributed by atoms with Crippen molar-refractivity contribution in [2.45, 2.75) is 17.8 Å². The molecular formula is C16H16N4O4S. The lowest BCUT2D eigenvalue weighted by Crippen LogP contribution is -2.06. The number of para-hydroxylation sites is 2. The Hall–Kier alpha value is -2.81. The molecule has 0 fully saturated rings. The Bertz CT molecular complexity index is 861. The quantitative estimate of drug-likeness (QED) is 0.469. The monoisotopic (exact) mass is 360 g/mol. The minimum atomic E-state index is -0.406. The van der Waals surface area contributed by atoms with Gasteiger partial charge in [0.25, 0.3) is 0 Å². The Balaban J connectivity index is 1.79. The minimum absolute atomic E-state index is 0.308. The normalized spacial score (nSPS) is 10.6. The molecule has 1 aromatic carbocycles. The maximum Gasteiger partial charge on any atom is 0.341 e. The zero-order valence-electron chi connectivity index (χ0n) is 13.7. The molecule has 0 aliphatic heterocycles. The summed E-state index contributed by atoms with van der Waals surface area (Å²) in [7, 11) is 1.59. The van der Waals surface area contributed by atoms with Gasteiger partial charge in [0.1, 0.15) is 22.8 Å². The van der Waals surface area contributed by atoms with Crippen LogP contribution in [0.2, 0.25) is 0 Å². The van der Waals surface area contributed by atoms with Crippen LogP contribution in [-0.4, -0.2) is 39.9 Å². The van der Waals surface area contributed by atoms with Crippen LogP contribution >= 0.6 is 11.8 Å². The fraction of sp³-hybridized carbons (Fsp3) is 0.250. The van der Waals surface area contributed by atoms with Crippen molar-refractivity contribution in [3.8, 4) is 11.4 Å². The third-order valence-corrected chi connectivity index (χ3v) is 4.25. The molecule has 0 bridgehead atoms. The molecule has 25 heavy (non-hydrogen) atoms. The zero-order valence-corrected chi connectivity index (χ0v) is 14.5. The highest BCUT2D eigenvalue weighted by molar-refractivity contribution is 7.98. The Morgan fingerprint density at radius 3 is 2.96 bits per heavy atom. The Morgan fingerprint density at radius 1 is 1.32 bits per heavy atom. The van der Waals surface area contributed by atoms with Gasteiger partial charge in [-0.3, -0.25) is 0 Å². The standard InChI is InChI=1S/C16H16N4O4S/c1-3-23-15(21)11-8-9-24-14(11)10-25-16-17-18-19-20(16)12-6-4-5-7-13(12)22-2/h4-9H,3,10H2,1-2H3. The second-order valence-corrected chi connectivity index (χ2v) is 5.75. The SMILES string of the molecule is CCOC(=O)c1ccoc1CSc1nnnn1-c1ccccc1OC. The number of benzene rings is 1. The van der Waals surface area contributed by atoms with Gasteiger partial charge < -0.3 is 13.9 Å². The first-order valence-corrected chi connectivity index (χ1v) is 8.51. The van der Waals surface area contributed by atoms with Crippen molar-refractivity contribution >= 4 is 17.7 Å². The summed E-state index contributed by atoms with van der Waals surface area (Å²) >= 11 is 1.34. The average molecular weight is 360 g/mol. The highest BCUT2D eigenvalue weighted by atomic mass is 32.2. The molecule has 9 heteroatoms. The summed E-state index contributed by atoms with van der Waals surface area (Å²) in [6.45, 7) is 2.07. The third-order valence-electron chi connectivity index (χ3n) is 3.33. The summed E-state index contributed by atoms with van der Waals surface area (Å²) < 4.78 is 17.3. The molecule has 0 unspecified atom stereocenters. The van der Waals surface area contributed by atoms with Crippen molar-refractivity contribution in [3.05, 3.63) is 47.9 Å². The van der Waals surface area contributed by atoms with Gasteiger partial charge in [0, 0.05) is 0 Å². The van der Waals surface area contributed by atoms with Crippen LogP contribution in [-0.2, 0) is 10.5 Å². The van der Waals surface area contributed by atoms with Crippen LogP contribution in [0.4, 0.5) is 0 Å².